The van der Waals surface area contributed by atoms with Crippen molar-refractivity contribution in [2.75, 3.05) is 5.32 Å². The Morgan fingerprint density at radius 2 is 2.16 bits per heavy atom. The van der Waals surface area contributed by atoms with Crippen molar-refractivity contribution in [3.63, 3.8) is 0 Å². The van der Waals surface area contributed by atoms with E-state index >= 15 is 0 Å². The van der Waals surface area contributed by atoms with Crippen LogP contribution in [0.25, 0.3) is 10.2 Å². The molecule has 2 aromatic heterocycles. The van der Waals surface area contributed by atoms with E-state index < -0.39 is 0 Å². The maximum Gasteiger partial charge on any atom is 0.272 e. The molecule has 0 aliphatic heterocycles. The largest absolute Gasteiger partial charge is 0.506 e. The van der Waals surface area contributed by atoms with E-state index in [1.54, 1.807) is 29.5 Å². The molecule has 0 saturated carbocycles. The Morgan fingerprint density at radius 3 is 2.89 bits per heavy atom. The quantitative estimate of drug-likeness (QED) is 0.625. The number of hydrogen-bond acceptors (Lipinski definition) is 3. The molecular formula is C14H12N2O2S. The molecule has 0 unspecified atom stereocenters. The van der Waals surface area contributed by atoms with Gasteiger partial charge < -0.3 is 15.4 Å². The number of thiophene rings is 1. The van der Waals surface area contributed by atoms with Crippen molar-refractivity contribution in [2.24, 2.45) is 0 Å². The number of anilines is 1. The van der Waals surface area contributed by atoms with E-state index in [1.807, 2.05) is 24.4 Å². The van der Waals surface area contributed by atoms with Crippen LogP contribution in [0.4, 0.5) is 5.69 Å². The zero-order chi connectivity index (χ0) is 13.4. The Kier molecular flexibility index (Phi) is 2.76. The molecule has 5 heteroatoms. The van der Waals surface area contributed by atoms with E-state index in [-0.39, 0.29) is 11.7 Å². The first-order valence-corrected chi connectivity index (χ1v) is 6.68. The number of aryl methyl sites for hydroxylation is 1. The number of carbonyl (C=O) groups is 1. The van der Waals surface area contributed by atoms with E-state index in [2.05, 4.69) is 10.3 Å². The third-order valence-electron chi connectivity index (χ3n) is 2.89. The lowest BCUT2D eigenvalue weighted by molar-refractivity contribution is 0.102. The van der Waals surface area contributed by atoms with E-state index in [9.17, 15) is 9.90 Å². The van der Waals surface area contributed by atoms with Crippen LogP contribution in [-0.2, 0) is 0 Å². The average Bonchev–Trinajstić information content (AvgIpc) is 2.93. The van der Waals surface area contributed by atoms with E-state index in [4.69, 9.17) is 0 Å². The number of carbonyl (C=O) groups excluding carboxylic acids is 1. The first kappa shape index (κ1) is 11.8. The number of aromatic nitrogens is 1. The summed E-state index contributed by atoms with van der Waals surface area (Å²) in [5.41, 5.74) is 2.79. The van der Waals surface area contributed by atoms with Gasteiger partial charge in [0.05, 0.1) is 15.9 Å². The maximum absolute atomic E-state index is 12.1. The van der Waals surface area contributed by atoms with Gasteiger partial charge in [0.1, 0.15) is 11.4 Å². The van der Waals surface area contributed by atoms with Crippen molar-refractivity contribution in [1.29, 1.82) is 0 Å². The van der Waals surface area contributed by atoms with Gasteiger partial charge in [-0.05, 0) is 42.1 Å². The van der Waals surface area contributed by atoms with Crippen LogP contribution >= 0.6 is 11.3 Å². The first-order chi connectivity index (χ1) is 9.13. The lowest BCUT2D eigenvalue weighted by Crippen LogP contribution is -2.12. The normalized spacial score (nSPS) is 10.8. The van der Waals surface area contributed by atoms with Crippen molar-refractivity contribution >= 4 is 33.1 Å². The Labute approximate surface area is 113 Å². The van der Waals surface area contributed by atoms with Crippen LogP contribution in [-0.4, -0.2) is 16.0 Å². The second-order valence-corrected chi connectivity index (χ2v) is 5.30. The molecule has 0 radical (unpaired) electrons. The smallest absolute Gasteiger partial charge is 0.272 e. The second kappa shape index (κ2) is 4.44. The van der Waals surface area contributed by atoms with Crippen LogP contribution in [0, 0.1) is 6.92 Å². The van der Waals surface area contributed by atoms with Gasteiger partial charge in [-0.15, -0.1) is 11.3 Å². The molecule has 1 amide bonds. The van der Waals surface area contributed by atoms with E-state index in [0.717, 1.165) is 15.8 Å². The summed E-state index contributed by atoms with van der Waals surface area (Å²) in [6, 6.07) is 8.88. The lowest BCUT2D eigenvalue weighted by atomic mass is 10.2. The van der Waals surface area contributed by atoms with Crippen molar-refractivity contribution in [3.8, 4) is 5.75 Å². The zero-order valence-electron chi connectivity index (χ0n) is 10.2. The summed E-state index contributed by atoms with van der Waals surface area (Å²) in [6.07, 6.45) is 0. The summed E-state index contributed by atoms with van der Waals surface area (Å²) in [5, 5.41) is 14.4. The molecule has 0 fully saturated rings. The molecule has 0 atom stereocenters. The number of benzene rings is 1. The van der Waals surface area contributed by atoms with Gasteiger partial charge in [-0.1, -0.05) is 6.07 Å². The molecule has 19 heavy (non-hydrogen) atoms. The van der Waals surface area contributed by atoms with Gasteiger partial charge in [-0.2, -0.15) is 0 Å². The van der Waals surface area contributed by atoms with Crippen molar-refractivity contribution in [1.82, 2.24) is 4.98 Å². The summed E-state index contributed by atoms with van der Waals surface area (Å²) in [4.78, 5) is 15.1. The standard InChI is InChI=1S/C14H12N2O2S/c1-8-2-3-9(12(17)6-8)16-14(18)11-7-13-10(15-11)4-5-19-13/h2-7,15,17H,1H3,(H,16,18). The summed E-state index contributed by atoms with van der Waals surface area (Å²) in [6.45, 7) is 1.88. The number of aromatic amines is 1. The highest BCUT2D eigenvalue weighted by molar-refractivity contribution is 7.17. The fraction of sp³-hybridized carbons (Fsp3) is 0.0714. The third kappa shape index (κ3) is 2.20. The number of hydrogen-bond donors (Lipinski definition) is 3. The Morgan fingerprint density at radius 1 is 1.32 bits per heavy atom. The van der Waals surface area contributed by atoms with Gasteiger partial charge in [0.2, 0.25) is 0 Å². The highest BCUT2D eigenvalue weighted by atomic mass is 32.1. The monoisotopic (exact) mass is 272 g/mol. The molecule has 0 aliphatic rings. The topological polar surface area (TPSA) is 65.1 Å². The van der Waals surface area contributed by atoms with Crippen LogP contribution in [0.1, 0.15) is 16.1 Å². The van der Waals surface area contributed by atoms with Crippen LogP contribution in [0.2, 0.25) is 0 Å². The molecule has 96 valence electrons. The molecule has 4 nitrogen and oxygen atoms in total. The fourth-order valence-electron chi connectivity index (χ4n) is 1.91. The van der Waals surface area contributed by atoms with Crippen molar-refractivity contribution in [2.45, 2.75) is 6.92 Å². The molecule has 0 bridgehead atoms. The Hall–Kier alpha value is -2.27. The highest BCUT2D eigenvalue weighted by Gasteiger charge is 2.12. The summed E-state index contributed by atoms with van der Waals surface area (Å²) in [5.74, 6) is -0.190. The number of phenolic OH excluding ortho intramolecular Hbond substituents is 1. The summed E-state index contributed by atoms with van der Waals surface area (Å²) < 4.78 is 1.04. The van der Waals surface area contributed by atoms with Crippen LogP contribution in [0.3, 0.4) is 0 Å². The van der Waals surface area contributed by atoms with Crippen LogP contribution in [0.15, 0.2) is 35.7 Å². The number of H-pyrrole nitrogens is 1. The van der Waals surface area contributed by atoms with Gasteiger partial charge in [0.15, 0.2) is 0 Å². The van der Waals surface area contributed by atoms with Crippen LogP contribution < -0.4 is 5.32 Å². The van der Waals surface area contributed by atoms with Gasteiger partial charge in [0, 0.05) is 0 Å². The van der Waals surface area contributed by atoms with Gasteiger partial charge in [0.25, 0.3) is 5.91 Å². The van der Waals surface area contributed by atoms with Gasteiger partial charge in [-0.3, -0.25) is 4.79 Å². The highest BCUT2D eigenvalue weighted by Crippen LogP contribution is 2.26. The predicted molar refractivity (Wildman–Crippen MR) is 77.0 cm³/mol. The number of phenols is 1. The number of fused-ring (bicyclic) bond motifs is 1. The van der Waals surface area contributed by atoms with Gasteiger partial charge >= 0.3 is 0 Å². The molecule has 0 spiro atoms. The van der Waals surface area contributed by atoms with E-state index in [1.165, 1.54) is 0 Å². The minimum Gasteiger partial charge on any atom is -0.506 e. The number of amides is 1. The van der Waals surface area contributed by atoms with Crippen molar-refractivity contribution < 1.29 is 9.90 Å². The molecule has 3 rings (SSSR count). The molecule has 2 heterocycles. The lowest BCUT2D eigenvalue weighted by Gasteiger charge is -2.06. The minimum atomic E-state index is -0.262. The maximum atomic E-state index is 12.1. The molecule has 3 aromatic rings. The van der Waals surface area contributed by atoms with Gasteiger partial charge in [-0.25, -0.2) is 0 Å². The zero-order valence-corrected chi connectivity index (χ0v) is 11.0. The molecule has 1 aromatic carbocycles. The fourth-order valence-corrected chi connectivity index (χ4v) is 2.69. The molecule has 3 N–H and O–H groups in total. The third-order valence-corrected chi connectivity index (χ3v) is 3.75. The minimum absolute atomic E-state index is 0.0710. The predicted octanol–water partition coefficient (Wildman–Crippen LogP) is 3.50. The molecule has 0 aliphatic carbocycles. The number of rotatable bonds is 2. The SMILES string of the molecule is Cc1ccc(NC(=O)c2cc3sccc3[nH]2)c(O)c1. The average molecular weight is 272 g/mol. The molecular weight excluding hydrogens is 260 g/mol. The van der Waals surface area contributed by atoms with Crippen molar-refractivity contribution in [3.05, 3.63) is 47.0 Å². The summed E-state index contributed by atoms with van der Waals surface area (Å²) in [7, 11) is 0. The Bertz CT molecular complexity index is 729. The molecule has 0 saturated heterocycles. The van der Waals surface area contributed by atoms with Crippen LogP contribution in [0.5, 0.6) is 5.75 Å². The first-order valence-electron chi connectivity index (χ1n) is 5.80. The number of aromatic hydroxyl groups is 1. The second-order valence-electron chi connectivity index (χ2n) is 4.36. The summed E-state index contributed by atoms with van der Waals surface area (Å²) >= 11 is 1.58. The number of nitrogens with one attached hydrogen (secondary N) is 2. The Balaban J connectivity index is 1.86. The van der Waals surface area contributed by atoms with E-state index in [0.29, 0.717) is 11.4 Å².